The Kier molecular flexibility index (Phi) is 4.12. The summed E-state index contributed by atoms with van der Waals surface area (Å²) in [5.41, 5.74) is 0.426. The maximum atomic E-state index is 13.5. The molecular weight excluding hydrogens is 269 g/mol. The van der Waals surface area contributed by atoms with Gasteiger partial charge < -0.3 is 4.74 Å². The number of Topliss-reactive ketones (excluding diaryl/α,β-unsaturated/α-hetero) is 1. The highest BCUT2D eigenvalue weighted by molar-refractivity contribution is 6.30. The number of methoxy groups -OCH3 is 1. The molecule has 0 saturated heterocycles. The van der Waals surface area contributed by atoms with Crippen LogP contribution in [0.2, 0.25) is 5.02 Å². The molecule has 5 heteroatoms. The monoisotopic (exact) mass is 279 g/mol. The fourth-order valence-corrected chi connectivity index (χ4v) is 1.93. The minimum atomic E-state index is -0.631. The van der Waals surface area contributed by atoms with Gasteiger partial charge in [0.1, 0.15) is 11.4 Å². The summed E-state index contributed by atoms with van der Waals surface area (Å²) < 4.78 is 18.6. The van der Waals surface area contributed by atoms with Crippen molar-refractivity contribution in [1.29, 1.82) is 0 Å². The van der Waals surface area contributed by atoms with Crippen LogP contribution in [0.25, 0.3) is 0 Å². The van der Waals surface area contributed by atoms with E-state index in [-0.39, 0.29) is 12.1 Å². The van der Waals surface area contributed by atoms with E-state index in [4.69, 9.17) is 16.3 Å². The second-order valence-electron chi connectivity index (χ2n) is 3.89. The lowest BCUT2D eigenvalue weighted by Crippen LogP contribution is -2.09. The van der Waals surface area contributed by atoms with Crippen molar-refractivity contribution in [2.24, 2.45) is 0 Å². The largest absolute Gasteiger partial charge is 0.496 e. The number of halogens is 2. The minimum absolute atomic E-state index is 0.0162. The highest BCUT2D eigenvalue weighted by atomic mass is 35.5. The maximum absolute atomic E-state index is 13.5. The molecule has 0 radical (unpaired) electrons. The standard InChI is InChI=1S/C14H11ClFNO2/c1-19-13-5-4-10(15)7-9(13)8-12(18)14-11(16)3-2-6-17-14/h2-7H,8H2,1H3. The summed E-state index contributed by atoms with van der Waals surface area (Å²) in [5.74, 6) is -0.513. The van der Waals surface area contributed by atoms with Gasteiger partial charge in [0.05, 0.1) is 7.11 Å². The molecule has 98 valence electrons. The average Bonchev–Trinajstić information content (AvgIpc) is 2.39. The Labute approximate surface area is 115 Å². The average molecular weight is 280 g/mol. The van der Waals surface area contributed by atoms with Gasteiger partial charge in [0, 0.05) is 23.2 Å². The van der Waals surface area contributed by atoms with Crippen molar-refractivity contribution in [2.75, 3.05) is 7.11 Å². The van der Waals surface area contributed by atoms with Crippen LogP contribution in [-0.2, 0) is 6.42 Å². The summed E-state index contributed by atoms with van der Waals surface area (Å²) >= 11 is 5.88. The molecule has 0 aliphatic heterocycles. The molecule has 0 atom stereocenters. The minimum Gasteiger partial charge on any atom is -0.496 e. The Morgan fingerprint density at radius 3 is 2.89 bits per heavy atom. The van der Waals surface area contributed by atoms with E-state index in [0.29, 0.717) is 16.3 Å². The van der Waals surface area contributed by atoms with Gasteiger partial charge in [-0.25, -0.2) is 4.39 Å². The maximum Gasteiger partial charge on any atom is 0.188 e. The SMILES string of the molecule is COc1ccc(Cl)cc1CC(=O)c1ncccc1F. The lowest BCUT2D eigenvalue weighted by atomic mass is 10.1. The summed E-state index contributed by atoms with van der Waals surface area (Å²) in [6, 6.07) is 7.59. The predicted octanol–water partition coefficient (Wildman–Crippen LogP) is 3.31. The van der Waals surface area contributed by atoms with E-state index in [1.165, 1.54) is 25.4 Å². The molecule has 0 saturated carbocycles. The zero-order valence-electron chi connectivity index (χ0n) is 10.2. The molecule has 1 aromatic heterocycles. The quantitative estimate of drug-likeness (QED) is 0.806. The van der Waals surface area contributed by atoms with Gasteiger partial charge in [0.25, 0.3) is 0 Å². The number of carbonyl (C=O) groups excluding carboxylic acids is 1. The zero-order chi connectivity index (χ0) is 13.8. The van der Waals surface area contributed by atoms with Crippen LogP contribution in [0.5, 0.6) is 5.75 Å². The summed E-state index contributed by atoms with van der Waals surface area (Å²) in [6.45, 7) is 0. The van der Waals surface area contributed by atoms with Gasteiger partial charge in [-0.3, -0.25) is 9.78 Å². The first kappa shape index (κ1) is 13.5. The lowest BCUT2D eigenvalue weighted by Gasteiger charge is -2.08. The molecule has 1 heterocycles. The van der Waals surface area contributed by atoms with Gasteiger partial charge in [0.15, 0.2) is 11.6 Å². The number of ketones is 1. The molecule has 19 heavy (non-hydrogen) atoms. The van der Waals surface area contributed by atoms with E-state index in [9.17, 15) is 9.18 Å². The topological polar surface area (TPSA) is 39.2 Å². The van der Waals surface area contributed by atoms with Gasteiger partial charge in [-0.2, -0.15) is 0 Å². The van der Waals surface area contributed by atoms with Crippen molar-refractivity contribution in [1.82, 2.24) is 4.98 Å². The Bertz CT molecular complexity index is 616. The van der Waals surface area contributed by atoms with Crippen molar-refractivity contribution in [3.05, 3.63) is 58.6 Å². The number of benzene rings is 1. The summed E-state index contributed by atoms with van der Waals surface area (Å²) in [7, 11) is 1.50. The molecule has 0 aliphatic rings. The van der Waals surface area contributed by atoms with Crippen LogP contribution in [0.1, 0.15) is 16.1 Å². The summed E-state index contributed by atoms with van der Waals surface area (Å²) in [4.78, 5) is 15.8. The van der Waals surface area contributed by atoms with Gasteiger partial charge in [-0.1, -0.05) is 11.6 Å². The predicted molar refractivity (Wildman–Crippen MR) is 70.2 cm³/mol. The molecular formula is C14H11ClFNO2. The Morgan fingerprint density at radius 1 is 1.42 bits per heavy atom. The summed E-state index contributed by atoms with van der Waals surface area (Å²) in [5, 5.41) is 0.491. The van der Waals surface area contributed by atoms with E-state index in [0.717, 1.165) is 0 Å². The second kappa shape index (κ2) is 5.80. The van der Waals surface area contributed by atoms with Crippen LogP contribution in [0.15, 0.2) is 36.5 Å². The second-order valence-corrected chi connectivity index (χ2v) is 4.33. The number of aromatic nitrogens is 1. The molecule has 3 nitrogen and oxygen atoms in total. The first-order valence-corrected chi connectivity index (χ1v) is 5.95. The Balaban J connectivity index is 2.29. The number of carbonyl (C=O) groups is 1. The van der Waals surface area contributed by atoms with E-state index in [2.05, 4.69) is 4.98 Å². The van der Waals surface area contributed by atoms with E-state index in [1.807, 2.05) is 0 Å². The van der Waals surface area contributed by atoms with Crippen molar-refractivity contribution in [2.45, 2.75) is 6.42 Å². The number of hydrogen-bond donors (Lipinski definition) is 0. The fourth-order valence-electron chi connectivity index (χ4n) is 1.73. The number of nitrogens with zero attached hydrogens (tertiary/aromatic N) is 1. The molecule has 0 unspecified atom stereocenters. The summed E-state index contributed by atoms with van der Waals surface area (Å²) in [6.07, 6.45) is 1.36. The van der Waals surface area contributed by atoms with Crippen molar-refractivity contribution in [3.8, 4) is 5.75 Å². The third-order valence-corrected chi connectivity index (χ3v) is 2.85. The molecule has 2 rings (SSSR count). The van der Waals surface area contributed by atoms with Crippen molar-refractivity contribution in [3.63, 3.8) is 0 Å². The number of rotatable bonds is 4. The Hall–Kier alpha value is -1.94. The van der Waals surface area contributed by atoms with Crippen LogP contribution < -0.4 is 4.74 Å². The van der Waals surface area contributed by atoms with Crippen LogP contribution in [-0.4, -0.2) is 17.9 Å². The highest BCUT2D eigenvalue weighted by Crippen LogP contribution is 2.24. The van der Waals surface area contributed by atoms with Gasteiger partial charge >= 0.3 is 0 Å². The van der Waals surface area contributed by atoms with Crippen LogP contribution in [0.4, 0.5) is 4.39 Å². The van der Waals surface area contributed by atoms with E-state index in [1.54, 1.807) is 18.2 Å². The first-order valence-electron chi connectivity index (χ1n) is 5.58. The van der Waals surface area contributed by atoms with Crippen molar-refractivity contribution < 1.29 is 13.9 Å². The smallest absolute Gasteiger partial charge is 0.188 e. The van der Waals surface area contributed by atoms with Crippen LogP contribution in [0, 0.1) is 5.82 Å². The normalized spacial score (nSPS) is 10.3. The molecule has 0 bridgehead atoms. The number of hydrogen-bond acceptors (Lipinski definition) is 3. The molecule has 0 N–H and O–H groups in total. The molecule has 0 fully saturated rings. The number of ether oxygens (including phenoxy) is 1. The van der Waals surface area contributed by atoms with Crippen LogP contribution in [0.3, 0.4) is 0 Å². The first-order chi connectivity index (χ1) is 9.11. The fraction of sp³-hybridized carbons (Fsp3) is 0.143. The van der Waals surface area contributed by atoms with E-state index < -0.39 is 11.6 Å². The van der Waals surface area contributed by atoms with Gasteiger partial charge in [-0.15, -0.1) is 0 Å². The molecule has 0 aliphatic carbocycles. The van der Waals surface area contributed by atoms with Crippen LogP contribution >= 0.6 is 11.6 Å². The third-order valence-electron chi connectivity index (χ3n) is 2.62. The van der Waals surface area contributed by atoms with Gasteiger partial charge in [-0.05, 0) is 30.3 Å². The van der Waals surface area contributed by atoms with Crippen molar-refractivity contribution >= 4 is 17.4 Å². The molecule has 0 amide bonds. The lowest BCUT2D eigenvalue weighted by molar-refractivity contribution is 0.0983. The molecule has 1 aromatic carbocycles. The Morgan fingerprint density at radius 2 is 2.21 bits per heavy atom. The third kappa shape index (κ3) is 3.09. The number of pyridine rings is 1. The highest BCUT2D eigenvalue weighted by Gasteiger charge is 2.16. The van der Waals surface area contributed by atoms with E-state index >= 15 is 0 Å². The zero-order valence-corrected chi connectivity index (χ0v) is 10.9. The molecule has 2 aromatic rings. The molecule has 0 spiro atoms. The van der Waals surface area contributed by atoms with Gasteiger partial charge in [0.2, 0.25) is 0 Å².